The average molecular weight is 466 g/mol. The summed E-state index contributed by atoms with van der Waals surface area (Å²) >= 11 is 1.49. The summed E-state index contributed by atoms with van der Waals surface area (Å²) in [6.07, 6.45) is 4.18. The van der Waals surface area contributed by atoms with E-state index in [2.05, 4.69) is 50.0 Å². The van der Waals surface area contributed by atoms with E-state index in [1.165, 1.54) is 30.2 Å². The van der Waals surface area contributed by atoms with Crippen LogP contribution in [-0.4, -0.2) is 35.1 Å². The highest BCUT2D eigenvalue weighted by molar-refractivity contribution is 8.16. The number of allylic oxidation sites excluding steroid dienone is 1. The first kappa shape index (κ1) is 23.4. The molecule has 0 radical (unpaired) electrons. The van der Waals surface area contributed by atoms with E-state index in [4.69, 9.17) is 9.73 Å². The Balaban J connectivity index is 1.66. The molecule has 7 heteroatoms. The van der Waals surface area contributed by atoms with Gasteiger partial charge in [-0.15, -0.1) is 0 Å². The summed E-state index contributed by atoms with van der Waals surface area (Å²) < 4.78 is 5.44. The molecule has 1 saturated carbocycles. The molecule has 0 saturated heterocycles. The van der Waals surface area contributed by atoms with Crippen molar-refractivity contribution in [1.82, 2.24) is 10.2 Å². The van der Waals surface area contributed by atoms with Gasteiger partial charge in [-0.05, 0) is 48.1 Å². The molecule has 0 aromatic heterocycles. The molecule has 1 amide bonds. The number of nitrogens with zero attached hydrogens (tertiary/aromatic N) is 2. The van der Waals surface area contributed by atoms with E-state index in [9.17, 15) is 9.59 Å². The smallest absolute Gasteiger partial charge is 0.338 e. The number of amides is 1. The monoisotopic (exact) mass is 465 g/mol. The van der Waals surface area contributed by atoms with E-state index in [1.807, 2.05) is 17.2 Å². The lowest BCUT2D eigenvalue weighted by molar-refractivity contribution is -0.138. The Hall–Kier alpha value is -2.80. The van der Waals surface area contributed by atoms with Crippen LogP contribution in [0.4, 0.5) is 0 Å². The second-order valence-corrected chi connectivity index (χ2v) is 9.86. The number of carbonyl (C=O) groups is 2. The maximum Gasteiger partial charge on any atom is 0.338 e. The van der Waals surface area contributed by atoms with Crippen molar-refractivity contribution in [2.75, 3.05) is 13.2 Å². The summed E-state index contributed by atoms with van der Waals surface area (Å²) in [5.41, 5.74) is 4.15. The van der Waals surface area contributed by atoms with Gasteiger partial charge in [0.15, 0.2) is 5.17 Å². The minimum atomic E-state index is -0.414. The quantitative estimate of drug-likeness (QED) is 0.409. The lowest BCUT2D eigenvalue weighted by Crippen LogP contribution is -2.38. The van der Waals surface area contributed by atoms with Gasteiger partial charge < -0.3 is 15.0 Å². The van der Waals surface area contributed by atoms with Crippen LogP contribution in [-0.2, 0) is 14.3 Å². The largest absolute Gasteiger partial charge is 0.458 e. The molecule has 1 aliphatic carbocycles. The van der Waals surface area contributed by atoms with E-state index in [1.54, 1.807) is 6.08 Å². The van der Waals surface area contributed by atoms with Gasteiger partial charge in [0, 0.05) is 12.2 Å². The van der Waals surface area contributed by atoms with Gasteiger partial charge in [0.05, 0.1) is 23.7 Å². The van der Waals surface area contributed by atoms with E-state index in [-0.39, 0.29) is 18.9 Å². The van der Waals surface area contributed by atoms with Crippen LogP contribution < -0.4 is 5.32 Å². The van der Waals surface area contributed by atoms with Crippen LogP contribution in [0.5, 0.6) is 0 Å². The molecular formula is C26H31N3O3S. The minimum absolute atomic E-state index is 0.00837. The van der Waals surface area contributed by atoms with Gasteiger partial charge in [-0.1, -0.05) is 62.5 Å². The lowest BCUT2D eigenvalue weighted by atomic mass is 9.92. The first-order valence-electron chi connectivity index (χ1n) is 11.5. The summed E-state index contributed by atoms with van der Waals surface area (Å²) in [6, 6.07) is 7.91. The van der Waals surface area contributed by atoms with Crippen LogP contribution in [0.3, 0.4) is 0 Å². The van der Waals surface area contributed by atoms with Gasteiger partial charge in [-0.3, -0.25) is 4.79 Å². The van der Waals surface area contributed by atoms with Gasteiger partial charge >= 0.3 is 5.97 Å². The third-order valence-corrected chi connectivity index (χ3v) is 6.99. The first-order chi connectivity index (χ1) is 15.9. The summed E-state index contributed by atoms with van der Waals surface area (Å²) in [4.78, 5) is 32.5. The molecule has 1 fully saturated rings. The number of esters is 1. The fourth-order valence-corrected chi connectivity index (χ4v) is 4.99. The predicted molar refractivity (Wildman–Crippen MR) is 132 cm³/mol. The van der Waals surface area contributed by atoms with E-state index >= 15 is 0 Å². The molecule has 1 aromatic carbocycles. The molecule has 3 aliphatic rings. The molecule has 4 rings (SSSR count). The number of benzene rings is 1. The van der Waals surface area contributed by atoms with E-state index in [0.29, 0.717) is 23.1 Å². The zero-order valence-electron chi connectivity index (χ0n) is 19.5. The molecule has 1 N–H and O–H groups in total. The zero-order valence-corrected chi connectivity index (χ0v) is 20.3. The normalized spacial score (nSPS) is 19.8. The van der Waals surface area contributed by atoms with E-state index in [0.717, 1.165) is 23.0 Å². The molecule has 1 atom stereocenters. The van der Waals surface area contributed by atoms with Crippen LogP contribution in [0, 0.1) is 5.92 Å². The second-order valence-electron chi connectivity index (χ2n) is 9.03. The fraction of sp³-hybridized carbons (Fsp3) is 0.423. The maximum absolute atomic E-state index is 13.1. The minimum Gasteiger partial charge on any atom is -0.458 e. The van der Waals surface area contributed by atoms with Crippen LogP contribution in [0.1, 0.15) is 63.1 Å². The molecule has 33 heavy (non-hydrogen) atoms. The van der Waals surface area contributed by atoms with Crippen molar-refractivity contribution in [2.24, 2.45) is 10.9 Å². The number of carbonyl (C=O) groups excluding carboxylic acids is 2. The van der Waals surface area contributed by atoms with Crippen molar-refractivity contribution >= 4 is 28.8 Å². The number of amidine groups is 1. The fourth-order valence-electron chi connectivity index (χ4n) is 4.03. The number of nitrogens with one attached hydrogen (secondary N) is 1. The van der Waals surface area contributed by atoms with Gasteiger partial charge in [0.25, 0.3) is 0 Å². The SMILES string of the molecule is C=CCOC(=O)C1=C(C)N=C2SC=C(CC(=O)NCC3CC3)N2[C@@H]1c1ccc(C(C)C)cc1. The van der Waals surface area contributed by atoms with Gasteiger partial charge in [0.2, 0.25) is 5.91 Å². The zero-order chi connectivity index (χ0) is 23.5. The molecule has 174 valence electrons. The Kier molecular flexibility index (Phi) is 7.08. The van der Waals surface area contributed by atoms with Gasteiger partial charge in [0.1, 0.15) is 6.61 Å². The third kappa shape index (κ3) is 5.24. The number of ether oxygens (including phenoxy) is 1. The molecule has 2 aliphatic heterocycles. The second kappa shape index (κ2) is 10.00. The molecule has 0 bridgehead atoms. The number of hydrogen-bond acceptors (Lipinski definition) is 6. The number of aliphatic imine (C=N–C) groups is 1. The van der Waals surface area contributed by atoms with Gasteiger partial charge in [-0.25, -0.2) is 9.79 Å². The van der Waals surface area contributed by atoms with Gasteiger partial charge in [-0.2, -0.15) is 0 Å². The van der Waals surface area contributed by atoms with Crippen LogP contribution in [0.15, 0.2) is 64.3 Å². The van der Waals surface area contributed by atoms with Crippen LogP contribution >= 0.6 is 11.8 Å². The maximum atomic E-state index is 13.1. The molecule has 6 nitrogen and oxygen atoms in total. The topological polar surface area (TPSA) is 71.0 Å². The van der Waals surface area contributed by atoms with E-state index < -0.39 is 12.0 Å². The highest BCUT2D eigenvalue weighted by Gasteiger charge is 2.41. The Labute approximate surface area is 199 Å². The highest BCUT2D eigenvalue weighted by atomic mass is 32.2. The molecule has 1 aromatic rings. The Morgan fingerprint density at radius 1 is 1.30 bits per heavy atom. The summed E-state index contributed by atoms with van der Waals surface area (Å²) in [7, 11) is 0. The third-order valence-electron chi connectivity index (χ3n) is 6.10. The standard InChI is InChI=1S/C26H31N3O3S/c1-5-12-32-25(31)23-17(4)28-26-29(24(23)20-10-8-19(9-11-20)16(2)3)21(15-33-26)13-22(30)27-14-18-6-7-18/h5,8-11,15-16,18,24H,1,6-7,12-14H2,2-4H3,(H,27,30)/t24-/m1/s1. The number of hydrogen-bond donors (Lipinski definition) is 1. The summed E-state index contributed by atoms with van der Waals surface area (Å²) in [5.74, 6) is 0.607. The Morgan fingerprint density at radius 2 is 2.03 bits per heavy atom. The average Bonchev–Trinajstić information content (AvgIpc) is 3.56. The van der Waals surface area contributed by atoms with Crippen LogP contribution in [0.25, 0.3) is 0 Å². The van der Waals surface area contributed by atoms with Crippen molar-refractivity contribution < 1.29 is 14.3 Å². The summed E-state index contributed by atoms with van der Waals surface area (Å²) in [5, 5.41) is 5.78. The molecular weight excluding hydrogens is 434 g/mol. The molecule has 2 heterocycles. The predicted octanol–water partition coefficient (Wildman–Crippen LogP) is 5.03. The van der Waals surface area contributed by atoms with Crippen molar-refractivity contribution in [1.29, 1.82) is 0 Å². The van der Waals surface area contributed by atoms with Crippen molar-refractivity contribution in [3.05, 3.63) is 70.4 Å². The van der Waals surface area contributed by atoms with Crippen molar-refractivity contribution in [3.63, 3.8) is 0 Å². The molecule has 0 spiro atoms. The first-order valence-corrected chi connectivity index (χ1v) is 12.4. The summed E-state index contributed by atoms with van der Waals surface area (Å²) in [6.45, 7) is 10.7. The number of rotatable bonds is 9. The van der Waals surface area contributed by atoms with Crippen molar-refractivity contribution in [2.45, 2.75) is 52.0 Å². The molecule has 0 unspecified atom stereocenters. The Bertz CT molecular complexity index is 1040. The Morgan fingerprint density at radius 3 is 2.67 bits per heavy atom. The van der Waals surface area contributed by atoms with Crippen molar-refractivity contribution in [3.8, 4) is 0 Å². The lowest BCUT2D eigenvalue weighted by Gasteiger charge is -2.36. The number of thioether (sulfide) groups is 1. The highest BCUT2D eigenvalue weighted by Crippen LogP contribution is 2.45. The number of fused-ring (bicyclic) bond motifs is 1. The van der Waals surface area contributed by atoms with Crippen LogP contribution in [0.2, 0.25) is 0 Å².